The first kappa shape index (κ1) is 11.5. The Morgan fingerprint density at radius 3 is 2.38 bits per heavy atom. The summed E-state index contributed by atoms with van der Waals surface area (Å²) in [6.07, 6.45) is 1.31. The summed E-state index contributed by atoms with van der Waals surface area (Å²) in [5, 5.41) is 0. The van der Waals surface area contributed by atoms with Crippen molar-refractivity contribution in [3.63, 3.8) is 0 Å². The minimum Gasteiger partial charge on any atom is -0.299 e. The van der Waals surface area contributed by atoms with Crippen molar-refractivity contribution in [2.24, 2.45) is 29.1 Å². The van der Waals surface area contributed by atoms with Gasteiger partial charge in [0.05, 0.1) is 4.58 Å². The molecule has 0 spiro atoms. The van der Waals surface area contributed by atoms with Gasteiger partial charge in [-0.25, -0.2) is 0 Å². The third-order valence-corrected chi connectivity index (χ3v) is 8.37. The highest BCUT2D eigenvalue weighted by Crippen LogP contribution is 2.64. The molecule has 4 rings (SSSR count). The molecule has 4 unspecified atom stereocenters. The molecule has 1 saturated heterocycles. The van der Waals surface area contributed by atoms with E-state index in [1.54, 1.807) is 0 Å². The van der Waals surface area contributed by atoms with E-state index in [0.29, 0.717) is 39.5 Å². The van der Waals surface area contributed by atoms with Gasteiger partial charge in [-0.2, -0.15) is 0 Å². The number of hydrogen-bond acceptors (Lipinski definition) is 3. The van der Waals surface area contributed by atoms with Crippen LogP contribution in [0, 0.1) is 29.1 Å². The first-order valence-corrected chi connectivity index (χ1v) is 8.40. The molecule has 1 aliphatic heterocycles. The van der Waals surface area contributed by atoms with Crippen LogP contribution in [0.3, 0.4) is 0 Å². The molecule has 90 valence electrons. The van der Waals surface area contributed by atoms with Crippen molar-refractivity contribution in [1.29, 1.82) is 0 Å². The number of thioether (sulfide) groups is 2. The van der Waals surface area contributed by atoms with E-state index in [1.807, 2.05) is 23.5 Å². The van der Waals surface area contributed by atoms with Crippen molar-refractivity contribution in [3.05, 3.63) is 0 Å². The predicted octanol–water partition coefficient (Wildman–Crippen LogP) is 3.29. The molecule has 16 heavy (non-hydrogen) atoms. The van der Waals surface area contributed by atoms with Gasteiger partial charge in [-0.15, -0.1) is 23.5 Å². The zero-order chi connectivity index (χ0) is 11.5. The SMILES string of the molecule is CC1C(=O)C(C2SCCS2)C2CC1C2(C)C. The molecule has 0 N–H and O–H groups in total. The summed E-state index contributed by atoms with van der Waals surface area (Å²) in [5.41, 5.74) is 0.418. The van der Waals surface area contributed by atoms with Crippen LogP contribution in [0.15, 0.2) is 0 Å². The van der Waals surface area contributed by atoms with E-state index in [0.717, 1.165) is 0 Å². The number of carbonyl (C=O) groups is 1. The maximum absolute atomic E-state index is 12.4. The fourth-order valence-corrected chi connectivity index (χ4v) is 7.32. The Hall–Kier alpha value is 0.370. The molecular formula is C13H20OS2. The zero-order valence-electron chi connectivity index (χ0n) is 10.2. The van der Waals surface area contributed by atoms with Gasteiger partial charge in [-0.05, 0) is 23.7 Å². The van der Waals surface area contributed by atoms with E-state index in [4.69, 9.17) is 0 Å². The van der Waals surface area contributed by atoms with Crippen LogP contribution in [-0.2, 0) is 4.79 Å². The molecule has 3 heteroatoms. The Balaban J connectivity index is 1.88. The maximum Gasteiger partial charge on any atom is 0.141 e. The van der Waals surface area contributed by atoms with Gasteiger partial charge in [-0.1, -0.05) is 20.8 Å². The first-order valence-electron chi connectivity index (χ1n) is 6.30. The van der Waals surface area contributed by atoms with Crippen LogP contribution in [0.25, 0.3) is 0 Å². The lowest BCUT2D eigenvalue weighted by Gasteiger charge is -2.62. The van der Waals surface area contributed by atoms with Crippen molar-refractivity contribution in [2.75, 3.05) is 11.5 Å². The van der Waals surface area contributed by atoms with Crippen molar-refractivity contribution < 1.29 is 4.79 Å². The largest absolute Gasteiger partial charge is 0.299 e. The second-order valence-corrected chi connectivity index (χ2v) is 8.89. The van der Waals surface area contributed by atoms with E-state index < -0.39 is 0 Å². The predicted molar refractivity (Wildman–Crippen MR) is 71.7 cm³/mol. The summed E-state index contributed by atoms with van der Waals surface area (Å²) < 4.78 is 0.570. The summed E-state index contributed by atoms with van der Waals surface area (Å²) in [4.78, 5) is 12.4. The molecular weight excluding hydrogens is 236 g/mol. The Labute approximate surface area is 107 Å². The Morgan fingerprint density at radius 1 is 1.19 bits per heavy atom. The van der Waals surface area contributed by atoms with Crippen LogP contribution in [0.4, 0.5) is 0 Å². The molecule has 1 nitrogen and oxygen atoms in total. The third kappa shape index (κ3) is 1.37. The number of Topliss-reactive ketones (excluding diaryl/α,β-unsaturated/α-hetero) is 1. The van der Waals surface area contributed by atoms with Gasteiger partial charge in [0, 0.05) is 23.3 Å². The minimum atomic E-state index is 0.312. The van der Waals surface area contributed by atoms with Gasteiger partial charge in [0.2, 0.25) is 0 Å². The highest BCUT2D eigenvalue weighted by molar-refractivity contribution is 8.20. The maximum atomic E-state index is 12.4. The van der Waals surface area contributed by atoms with E-state index >= 15 is 0 Å². The molecule has 4 fully saturated rings. The number of ketones is 1. The number of carbonyl (C=O) groups excluding carboxylic acids is 1. The quantitative estimate of drug-likeness (QED) is 0.716. The third-order valence-electron chi connectivity index (χ3n) is 5.17. The summed E-state index contributed by atoms with van der Waals surface area (Å²) in [6, 6.07) is 0. The van der Waals surface area contributed by atoms with Crippen molar-refractivity contribution in [3.8, 4) is 0 Å². The van der Waals surface area contributed by atoms with Crippen molar-refractivity contribution >= 4 is 29.3 Å². The van der Waals surface area contributed by atoms with E-state index in [9.17, 15) is 4.79 Å². The highest BCUT2D eigenvalue weighted by atomic mass is 32.2. The van der Waals surface area contributed by atoms with E-state index in [2.05, 4.69) is 20.8 Å². The van der Waals surface area contributed by atoms with Crippen LogP contribution < -0.4 is 0 Å². The molecule has 2 bridgehead atoms. The molecule has 3 aliphatic carbocycles. The molecule has 0 aromatic carbocycles. The van der Waals surface area contributed by atoms with Crippen molar-refractivity contribution in [1.82, 2.24) is 0 Å². The Kier molecular flexibility index (Phi) is 2.64. The number of rotatable bonds is 1. The Morgan fingerprint density at radius 2 is 1.81 bits per heavy atom. The fourth-order valence-electron chi connectivity index (χ4n) is 4.06. The van der Waals surface area contributed by atoms with E-state index in [-0.39, 0.29) is 0 Å². The van der Waals surface area contributed by atoms with Crippen LogP contribution in [-0.4, -0.2) is 21.9 Å². The summed E-state index contributed by atoms with van der Waals surface area (Å²) in [5.74, 6) is 5.06. The molecule has 0 amide bonds. The molecule has 3 saturated carbocycles. The topological polar surface area (TPSA) is 17.1 Å². The second kappa shape index (κ2) is 3.68. The summed E-state index contributed by atoms with van der Waals surface area (Å²) in [6.45, 7) is 6.93. The molecule has 4 aliphatic rings. The van der Waals surface area contributed by atoms with Crippen LogP contribution in [0.1, 0.15) is 27.2 Å². The summed E-state index contributed by atoms with van der Waals surface area (Å²) in [7, 11) is 0. The molecule has 1 heterocycles. The standard InChI is InChI=1S/C13H20OS2/c1-7-8-6-9(13(8,2)3)10(11(7)14)12-15-4-5-16-12/h7-10,12H,4-6H2,1-3H3. The molecule has 0 radical (unpaired) electrons. The van der Waals surface area contributed by atoms with E-state index in [1.165, 1.54) is 17.9 Å². The van der Waals surface area contributed by atoms with Crippen LogP contribution in [0.2, 0.25) is 0 Å². The number of hydrogen-bond donors (Lipinski definition) is 0. The monoisotopic (exact) mass is 256 g/mol. The smallest absolute Gasteiger partial charge is 0.141 e. The Bertz CT molecular complexity index is 320. The lowest BCUT2D eigenvalue weighted by Crippen LogP contribution is -2.61. The van der Waals surface area contributed by atoms with Gasteiger partial charge in [0.25, 0.3) is 0 Å². The first-order chi connectivity index (χ1) is 7.53. The average Bonchev–Trinajstić information content (AvgIpc) is 2.73. The second-order valence-electron chi connectivity index (χ2n) is 6.10. The van der Waals surface area contributed by atoms with Crippen LogP contribution in [0.5, 0.6) is 0 Å². The van der Waals surface area contributed by atoms with Crippen LogP contribution >= 0.6 is 23.5 Å². The normalized spacial score (nSPS) is 46.8. The van der Waals surface area contributed by atoms with Gasteiger partial charge in [-0.3, -0.25) is 4.79 Å². The molecule has 4 atom stereocenters. The minimum absolute atomic E-state index is 0.312. The van der Waals surface area contributed by atoms with Gasteiger partial charge in [0.1, 0.15) is 5.78 Å². The van der Waals surface area contributed by atoms with Gasteiger partial charge in [0.15, 0.2) is 0 Å². The summed E-state index contributed by atoms with van der Waals surface area (Å²) >= 11 is 4.05. The number of fused-ring (bicyclic) bond motifs is 2. The van der Waals surface area contributed by atoms with Crippen molar-refractivity contribution in [2.45, 2.75) is 31.8 Å². The zero-order valence-corrected chi connectivity index (χ0v) is 11.9. The average molecular weight is 256 g/mol. The van der Waals surface area contributed by atoms with Gasteiger partial charge >= 0.3 is 0 Å². The lowest BCUT2D eigenvalue weighted by molar-refractivity contribution is -0.166. The van der Waals surface area contributed by atoms with Gasteiger partial charge < -0.3 is 0 Å². The molecule has 0 aromatic rings. The lowest BCUT2D eigenvalue weighted by atomic mass is 9.42. The molecule has 0 aromatic heterocycles. The fraction of sp³-hybridized carbons (Fsp3) is 0.923. The highest BCUT2D eigenvalue weighted by Gasteiger charge is 2.62.